The van der Waals surface area contributed by atoms with Crippen LogP contribution in [0.3, 0.4) is 0 Å². The molecule has 2 N–H and O–H groups in total. The van der Waals surface area contributed by atoms with E-state index in [1.54, 1.807) is 0 Å². The molecular weight excluding hydrogens is 280 g/mol. The van der Waals surface area contributed by atoms with Gasteiger partial charge in [-0.1, -0.05) is 6.07 Å². The molecule has 0 aromatic heterocycles. The molecule has 0 aliphatic carbocycles. The Labute approximate surface area is 122 Å². The predicted octanol–water partition coefficient (Wildman–Crippen LogP) is 0.439. The van der Waals surface area contributed by atoms with Crippen molar-refractivity contribution >= 4 is 11.9 Å². The maximum absolute atomic E-state index is 11.4. The first-order valence-electron chi connectivity index (χ1n) is 6.13. The molecule has 0 aliphatic rings. The van der Waals surface area contributed by atoms with Gasteiger partial charge in [-0.25, -0.2) is 4.79 Å². The molecule has 0 heterocycles. The number of carbonyl (C=O) groups excluding carboxylic acids is 2. The van der Waals surface area contributed by atoms with Crippen molar-refractivity contribution in [2.75, 3.05) is 21.3 Å². The van der Waals surface area contributed by atoms with Crippen molar-refractivity contribution in [1.82, 2.24) is 0 Å². The SMILES string of the molecule is COC(=O)CC(O)C(O)c1ccc(C(=O)OC)cc1OC. The van der Waals surface area contributed by atoms with Crippen LogP contribution in [0.5, 0.6) is 5.75 Å². The third-order valence-corrected chi connectivity index (χ3v) is 2.94. The van der Waals surface area contributed by atoms with Crippen LogP contribution < -0.4 is 4.74 Å². The zero-order valence-electron chi connectivity index (χ0n) is 12.0. The molecule has 2 atom stereocenters. The number of methoxy groups -OCH3 is 3. The highest BCUT2D eigenvalue weighted by Gasteiger charge is 2.25. The van der Waals surface area contributed by atoms with Gasteiger partial charge in [-0.15, -0.1) is 0 Å². The minimum Gasteiger partial charge on any atom is -0.496 e. The lowest BCUT2D eigenvalue weighted by Crippen LogP contribution is -2.23. The number of benzene rings is 1. The van der Waals surface area contributed by atoms with Crippen molar-refractivity contribution < 1.29 is 34.0 Å². The van der Waals surface area contributed by atoms with E-state index in [4.69, 9.17) is 4.74 Å². The van der Waals surface area contributed by atoms with Gasteiger partial charge in [0.15, 0.2) is 0 Å². The second-order valence-electron chi connectivity index (χ2n) is 4.24. The van der Waals surface area contributed by atoms with Crippen LogP contribution in [0.4, 0.5) is 0 Å². The lowest BCUT2D eigenvalue weighted by Gasteiger charge is -2.19. The number of aliphatic hydroxyl groups is 2. The van der Waals surface area contributed by atoms with Gasteiger partial charge in [-0.2, -0.15) is 0 Å². The summed E-state index contributed by atoms with van der Waals surface area (Å²) in [7, 11) is 3.80. The van der Waals surface area contributed by atoms with E-state index < -0.39 is 24.1 Å². The quantitative estimate of drug-likeness (QED) is 0.734. The van der Waals surface area contributed by atoms with Crippen molar-refractivity contribution in [3.8, 4) is 5.75 Å². The van der Waals surface area contributed by atoms with E-state index in [1.165, 1.54) is 39.5 Å². The zero-order valence-corrected chi connectivity index (χ0v) is 12.0. The van der Waals surface area contributed by atoms with Gasteiger partial charge in [0.2, 0.25) is 0 Å². The van der Waals surface area contributed by atoms with E-state index in [1.807, 2.05) is 0 Å². The molecule has 0 fully saturated rings. The van der Waals surface area contributed by atoms with Crippen LogP contribution in [0.15, 0.2) is 18.2 Å². The molecule has 0 radical (unpaired) electrons. The maximum Gasteiger partial charge on any atom is 0.337 e. The van der Waals surface area contributed by atoms with Crippen molar-refractivity contribution in [1.29, 1.82) is 0 Å². The van der Waals surface area contributed by atoms with Gasteiger partial charge in [0, 0.05) is 5.56 Å². The molecule has 0 bridgehead atoms. The molecule has 0 saturated carbocycles. The van der Waals surface area contributed by atoms with Crippen LogP contribution in [0.2, 0.25) is 0 Å². The predicted molar refractivity (Wildman–Crippen MR) is 71.9 cm³/mol. The van der Waals surface area contributed by atoms with Gasteiger partial charge in [0.25, 0.3) is 0 Å². The fraction of sp³-hybridized carbons (Fsp3) is 0.429. The molecule has 0 spiro atoms. The Morgan fingerprint density at radius 2 is 1.81 bits per heavy atom. The average molecular weight is 298 g/mol. The van der Waals surface area contributed by atoms with E-state index in [2.05, 4.69) is 9.47 Å². The van der Waals surface area contributed by atoms with E-state index in [0.717, 1.165) is 0 Å². The topological polar surface area (TPSA) is 102 Å². The van der Waals surface area contributed by atoms with Crippen molar-refractivity contribution in [3.05, 3.63) is 29.3 Å². The minimum atomic E-state index is -1.36. The normalized spacial score (nSPS) is 13.2. The molecule has 0 amide bonds. The monoisotopic (exact) mass is 298 g/mol. The van der Waals surface area contributed by atoms with Crippen LogP contribution in [-0.2, 0) is 14.3 Å². The summed E-state index contributed by atoms with van der Waals surface area (Å²) in [5, 5.41) is 19.9. The fourth-order valence-corrected chi connectivity index (χ4v) is 1.77. The van der Waals surface area contributed by atoms with Gasteiger partial charge in [0.05, 0.1) is 39.4 Å². The molecule has 1 aromatic carbocycles. The Balaban J connectivity index is 3.01. The van der Waals surface area contributed by atoms with Gasteiger partial charge in [-0.05, 0) is 12.1 Å². The lowest BCUT2D eigenvalue weighted by molar-refractivity contribution is -0.144. The summed E-state index contributed by atoms with van der Waals surface area (Å²) in [6.07, 6.45) is -3.07. The molecule has 21 heavy (non-hydrogen) atoms. The first kappa shape index (κ1) is 16.9. The maximum atomic E-state index is 11.4. The van der Waals surface area contributed by atoms with Crippen molar-refractivity contribution in [3.63, 3.8) is 0 Å². The van der Waals surface area contributed by atoms with Crippen LogP contribution in [0.25, 0.3) is 0 Å². The summed E-state index contributed by atoms with van der Waals surface area (Å²) >= 11 is 0. The number of carbonyl (C=O) groups is 2. The van der Waals surface area contributed by atoms with E-state index >= 15 is 0 Å². The number of ether oxygens (including phenoxy) is 3. The molecular formula is C14H18O7. The first-order chi connectivity index (χ1) is 9.94. The molecule has 1 aromatic rings. The van der Waals surface area contributed by atoms with Gasteiger partial charge in [0.1, 0.15) is 11.9 Å². The third kappa shape index (κ3) is 4.17. The Morgan fingerprint density at radius 1 is 1.14 bits per heavy atom. The number of hydrogen-bond acceptors (Lipinski definition) is 7. The van der Waals surface area contributed by atoms with Crippen LogP contribution in [0.1, 0.15) is 28.4 Å². The van der Waals surface area contributed by atoms with Crippen LogP contribution in [0, 0.1) is 0 Å². The zero-order chi connectivity index (χ0) is 16.0. The summed E-state index contributed by atoms with van der Waals surface area (Å²) < 4.78 is 14.1. The number of hydrogen-bond donors (Lipinski definition) is 2. The Hall–Kier alpha value is -2.12. The van der Waals surface area contributed by atoms with E-state index in [9.17, 15) is 19.8 Å². The number of aliphatic hydroxyl groups excluding tert-OH is 2. The summed E-state index contributed by atoms with van der Waals surface area (Å²) in [5.41, 5.74) is 0.495. The van der Waals surface area contributed by atoms with Gasteiger partial charge < -0.3 is 24.4 Å². The van der Waals surface area contributed by atoms with Crippen molar-refractivity contribution in [2.24, 2.45) is 0 Å². The Morgan fingerprint density at radius 3 is 2.33 bits per heavy atom. The van der Waals surface area contributed by atoms with Gasteiger partial charge >= 0.3 is 11.9 Å². The molecule has 1 rings (SSSR count). The summed E-state index contributed by atoms with van der Waals surface area (Å²) in [6.45, 7) is 0. The standard InChI is InChI=1S/C14H18O7/c1-19-11-6-8(14(18)21-3)4-5-9(11)13(17)10(15)7-12(16)20-2/h4-6,10,13,15,17H,7H2,1-3H3. The first-order valence-corrected chi connectivity index (χ1v) is 6.13. The van der Waals surface area contributed by atoms with E-state index in [-0.39, 0.29) is 23.3 Å². The smallest absolute Gasteiger partial charge is 0.337 e. The minimum absolute atomic E-state index is 0.203. The highest BCUT2D eigenvalue weighted by Crippen LogP contribution is 2.29. The number of rotatable bonds is 6. The molecule has 7 heteroatoms. The summed E-state index contributed by atoms with van der Waals surface area (Å²) in [4.78, 5) is 22.5. The Kier molecular flexibility index (Phi) is 6.13. The van der Waals surface area contributed by atoms with Gasteiger partial charge in [-0.3, -0.25) is 4.79 Å². The summed E-state index contributed by atoms with van der Waals surface area (Å²) in [5.74, 6) is -0.995. The molecule has 7 nitrogen and oxygen atoms in total. The second-order valence-corrected chi connectivity index (χ2v) is 4.24. The summed E-state index contributed by atoms with van der Waals surface area (Å²) in [6, 6.07) is 4.24. The molecule has 2 unspecified atom stereocenters. The fourth-order valence-electron chi connectivity index (χ4n) is 1.77. The largest absolute Gasteiger partial charge is 0.496 e. The lowest BCUT2D eigenvalue weighted by atomic mass is 9.99. The Bertz CT molecular complexity index is 512. The third-order valence-electron chi connectivity index (χ3n) is 2.94. The van der Waals surface area contributed by atoms with Crippen LogP contribution in [-0.4, -0.2) is 49.6 Å². The van der Waals surface area contributed by atoms with Crippen LogP contribution >= 0.6 is 0 Å². The van der Waals surface area contributed by atoms with Crippen molar-refractivity contribution in [2.45, 2.75) is 18.6 Å². The molecule has 0 saturated heterocycles. The highest BCUT2D eigenvalue weighted by molar-refractivity contribution is 5.90. The second kappa shape index (κ2) is 7.61. The number of esters is 2. The average Bonchev–Trinajstić information content (AvgIpc) is 2.52. The molecule has 116 valence electrons. The highest BCUT2D eigenvalue weighted by atomic mass is 16.5. The molecule has 0 aliphatic heterocycles. The van der Waals surface area contributed by atoms with E-state index in [0.29, 0.717) is 0 Å².